The van der Waals surface area contributed by atoms with E-state index < -0.39 is 5.60 Å². The molecule has 1 N–H and O–H groups in total. The predicted molar refractivity (Wildman–Crippen MR) is 60.7 cm³/mol. The number of Topliss-reactive ketones (excluding diaryl/α,β-unsaturated/α-hetero) is 1. The molecule has 3 rings (SSSR count). The van der Waals surface area contributed by atoms with Crippen LogP contribution in [0.5, 0.6) is 0 Å². The highest BCUT2D eigenvalue weighted by atomic mass is 16.3. The van der Waals surface area contributed by atoms with Gasteiger partial charge >= 0.3 is 0 Å². The molecule has 0 amide bonds. The first-order valence-corrected chi connectivity index (χ1v) is 5.65. The van der Waals surface area contributed by atoms with Crippen molar-refractivity contribution in [3.8, 4) is 0 Å². The summed E-state index contributed by atoms with van der Waals surface area (Å²) in [5, 5.41) is 10.5. The van der Waals surface area contributed by atoms with Crippen molar-refractivity contribution >= 4 is 5.78 Å². The fourth-order valence-corrected chi connectivity index (χ4v) is 2.52. The number of hydrogen-bond acceptors (Lipinski definition) is 2. The van der Waals surface area contributed by atoms with Gasteiger partial charge in [0.15, 0.2) is 5.78 Å². The summed E-state index contributed by atoms with van der Waals surface area (Å²) < 4.78 is 0. The van der Waals surface area contributed by atoms with E-state index in [0.717, 1.165) is 12.0 Å². The summed E-state index contributed by atoms with van der Waals surface area (Å²) >= 11 is 0. The first kappa shape index (κ1) is 9.79. The molecule has 2 nitrogen and oxygen atoms in total. The Labute approximate surface area is 94.6 Å². The van der Waals surface area contributed by atoms with Gasteiger partial charge in [0, 0.05) is 11.5 Å². The zero-order valence-corrected chi connectivity index (χ0v) is 9.18. The molecule has 1 aromatic carbocycles. The summed E-state index contributed by atoms with van der Waals surface area (Å²) in [4.78, 5) is 11.9. The van der Waals surface area contributed by atoms with Gasteiger partial charge in [-0.1, -0.05) is 36.4 Å². The molecule has 0 aromatic heterocycles. The van der Waals surface area contributed by atoms with Gasteiger partial charge in [0.25, 0.3) is 0 Å². The highest BCUT2D eigenvalue weighted by Gasteiger charge is 2.52. The molecule has 0 saturated heterocycles. The zero-order valence-electron chi connectivity index (χ0n) is 9.18. The lowest BCUT2D eigenvalue weighted by atomic mass is 9.86. The van der Waals surface area contributed by atoms with Crippen LogP contribution in [0.3, 0.4) is 0 Å². The number of ketones is 1. The van der Waals surface area contributed by atoms with E-state index >= 15 is 0 Å². The highest BCUT2D eigenvalue weighted by molar-refractivity contribution is 6.04. The maximum absolute atomic E-state index is 11.9. The van der Waals surface area contributed by atoms with Crippen molar-refractivity contribution in [2.75, 3.05) is 0 Å². The normalized spacial score (nSPS) is 30.6. The maximum Gasteiger partial charge on any atom is 0.165 e. The third-order valence-corrected chi connectivity index (χ3v) is 3.68. The van der Waals surface area contributed by atoms with E-state index in [-0.39, 0.29) is 11.7 Å². The van der Waals surface area contributed by atoms with Crippen LogP contribution in [0, 0.1) is 11.8 Å². The monoisotopic (exact) mass is 214 g/mol. The van der Waals surface area contributed by atoms with E-state index in [9.17, 15) is 9.90 Å². The molecule has 82 valence electrons. The quantitative estimate of drug-likeness (QED) is 0.818. The molecular weight excluding hydrogens is 200 g/mol. The Hall–Kier alpha value is -1.41. The van der Waals surface area contributed by atoms with Crippen molar-refractivity contribution in [2.45, 2.75) is 18.9 Å². The summed E-state index contributed by atoms with van der Waals surface area (Å²) in [6.07, 6.45) is 2.94. The van der Waals surface area contributed by atoms with Gasteiger partial charge in [0.2, 0.25) is 0 Å². The first-order chi connectivity index (χ1) is 7.60. The molecule has 16 heavy (non-hydrogen) atoms. The summed E-state index contributed by atoms with van der Waals surface area (Å²) in [5.74, 6) is 0.710. The molecule has 1 saturated carbocycles. The Kier molecular flexibility index (Phi) is 1.86. The summed E-state index contributed by atoms with van der Waals surface area (Å²) in [6.45, 7) is 1.71. The second-order valence-corrected chi connectivity index (χ2v) is 4.89. The lowest BCUT2D eigenvalue weighted by Gasteiger charge is -2.25. The number of allylic oxidation sites excluding steroid dienone is 1. The van der Waals surface area contributed by atoms with Crippen LogP contribution in [0.1, 0.15) is 18.9 Å². The van der Waals surface area contributed by atoms with Gasteiger partial charge < -0.3 is 5.11 Å². The van der Waals surface area contributed by atoms with Crippen LogP contribution < -0.4 is 0 Å². The number of fused-ring (bicyclic) bond motifs is 1. The lowest BCUT2D eigenvalue weighted by molar-refractivity contribution is -0.118. The highest BCUT2D eigenvalue weighted by Crippen LogP contribution is 2.51. The fourth-order valence-electron chi connectivity index (χ4n) is 2.52. The molecule has 0 heterocycles. The standard InChI is InChI=1S/C14H14O2/c1-14(16,10-5-3-2-4-6-10)12-8-9-7-11(9)13(12)15/h2-6,8-9,11,16H,7H2,1H3/t9-,11-,14?/m0/s1. The molecule has 0 radical (unpaired) electrons. The molecule has 3 atom stereocenters. The van der Waals surface area contributed by atoms with Gasteiger partial charge in [-0.3, -0.25) is 4.79 Å². The maximum atomic E-state index is 11.9. The van der Waals surface area contributed by atoms with E-state index in [0.29, 0.717) is 11.5 Å². The van der Waals surface area contributed by atoms with Gasteiger partial charge in [0.1, 0.15) is 5.60 Å². The molecule has 0 spiro atoms. The molecule has 1 unspecified atom stereocenters. The van der Waals surface area contributed by atoms with Crippen LogP contribution in [-0.4, -0.2) is 10.9 Å². The van der Waals surface area contributed by atoms with Gasteiger partial charge in [-0.2, -0.15) is 0 Å². The lowest BCUT2D eigenvalue weighted by Crippen LogP contribution is -2.28. The Balaban J connectivity index is 2.00. The number of benzene rings is 1. The minimum atomic E-state index is -1.13. The second kappa shape index (κ2) is 3.05. The van der Waals surface area contributed by atoms with Gasteiger partial charge in [-0.25, -0.2) is 0 Å². The van der Waals surface area contributed by atoms with E-state index in [4.69, 9.17) is 0 Å². The molecule has 2 aliphatic rings. The molecule has 0 aliphatic heterocycles. The Bertz CT molecular complexity index is 471. The van der Waals surface area contributed by atoms with Crippen molar-refractivity contribution < 1.29 is 9.90 Å². The minimum Gasteiger partial charge on any atom is -0.381 e. The smallest absolute Gasteiger partial charge is 0.165 e. The number of aliphatic hydroxyl groups is 1. The Morgan fingerprint density at radius 2 is 2.00 bits per heavy atom. The third-order valence-electron chi connectivity index (χ3n) is 3.68. The summed E-state index contributed by atoms with van der Waals surface area (Å²) in [5.41, 5.74) is 0.238. The Morgan fingerprint density at radius 1 is 1.31 bits per heavy atom. The van der Waals surface area contributed by atoms with Gasteiger partial charge in [-0.15, -0.1) is 0 Å². The zero-order chi connectivity index (χ0) is 11.3. The van der Waals surface area contributed by atoms with Crippen LogP contribution in [0.25, 0.3) is 0 Å². The number of hydrogen-bond donors (Lipinski definition) is 1. The predicted octanol–water partition coefficient (Wildman–Crippen LogP) is 2.04. The summed E-state index contributed by atoms with van der Waals surface area (Å²) in [6, 6.07) is 9.38. The molecule has 1 fully saturated rings. The molecule has 0 bridgehead atoms. The largest absolute Gasteiger partial charge is 0.381 e. The summed E-state index contributed by atoms with van der Waals surface area (Å²) in [7, 11) is 0. The van der Waals surface area contributed by atoms with Crippen LogP contribution in [0.15, 0.2) is 42.0 Å². The van der Waals surface area contributed by atoms with Crippen molar-refractivity contribution in [2.24, 2.45) is 11.8 Å². The fraction of sp³-hybridized carbons (Fsp3) is 0.357. The molecular formula is C14H14O2. The number of carbonyl (C=O) groups is 1. The van der Waals surface area contributed by atoms with Crippen LogP contribution >= 0.6 is 0 Å². The minimum absolute atomic E-state index is 0.138. The van der Waals surface area contributed by atoms with Crippen molar-refractivity contribution in [3.63, 3.8) is 0 Å². The van der Waals surface area contributed by atoms with Crippen molar-refractivity contribution in [1.29, 1.82) is 0 Å². The average Bonchev–Trinajstić information content (AvgIpc) is 2.99. The molecule has 1 aromatic rings. The SMILES string of the molecule is CC(O)(C1=C[C@@H]2C[C@@H]2C1=O)c1ccccc1. The van der Waals surface area contributed by atoms with Gasteiger partial charge in [-0.05, 0) is 24.8 Å². The molecule has 2 heteroatoms. The first-order valence-electron chi connectivity index (χ1n) is 5.65. The van der Waals surface area contributed by atoms with E-state index in [1.54, 1.807) is 6.92 Å². The number of carbonyl (C=O) groups excluding carboxylic acids is 1. The number of rotatable bonds is 2. The van der Waals surface area contributed by atoms with Crippen molar-refractivity contribution in [1.82, 2.24) is 0 Å². The van der Waals surface area contributed by atoms with E-state index in [2.05, 4.69) is 0 Å². The van der Waals surface area contributed by atoms with Gasteiger partial charge in [0.05, 0.1) is 0 Å². The molecule has 2 aliphatic carbocycles. The Morgan fingerprint density at radius 3 is 2.56 bits per heavy atom. The second-order valence-electron chi connectivity index (χ2n) is 4.89. The van der Waals surface area contributed by atoms with Crippen molar-refractivity contribution in [3.05, 3.63) is 47.5 Å². The van der Waals surface area contributed by atoms with E-state index in [1.807, 2.05) is 36.4 Å². The van der Waals surface area contributed by atoms with Crippen LogP contribution in [0.2, 0.25) is 0 Å². The van der Waals surface area contributed by atoms with Crippen LogP contribution in [0.4, 0.5) is 0 Å². The van der Waals surface area contributed by atoms with Crippen LogP contribution in [-0.2, 0) is 10.4 Å². The average molecular weight is 214 g/mol. The third kappa shape index (κ3) is 1.26. The topological polar surface area (TPSA) is 37.3 Å². The van der Waals surface area contributed by atoms with E-state index in [1.165, 1.54) is 0 Å².